The minimum absolute atomic E-state index is 0.198. The molecule has 0 atom stereocenters. The van der Waals surface area contributed by atoms with E-state index in [2.05, 4.69) is 11.9 Å². The van der Waals surface area contributed by atoms with Gasteiger partial charge in [-0.25, -0.2) is 4.39 Å². The predicted octanol–water partition coefficient (Wildman–Crippen LogP) is 5.82. The van der Waals surface area contributed by atoms with E-state index in [-0.39, 0.29) is 5.56 Å². The van der Waals surface area contributed by atoms with Gasteiger partial charge in [-0.3, -0.25) is 0 Å². The van der Waals surface area contributed by atoms with E-state index in [4.69, 9.17) is 0 Å². The van der Waals surface area contributed by atoms with Crippen LogP contribution in [0.2, 0.25) is 0 Å². The molecule has 0 N–H and O–H groups in total. The third-order valence-corrected chi connectivity index (χ3v) is 4.96. The maximum Gasteiger partial charge on any atom is 0.251 e. The fourth-order valence-corrected chi connectivity index (χ4v) is 3.51. The van der Waals surface area contributed by atoms with Crippen LogP contribution < -0.4 is 0 Å². The molecule has 0 spiro atoms. The van der Waals surface area contributed by atoms with Crippen molar-refractivity contribution in [2.24, 2.45) is 11.8 Å². The van der Waals surface area contributed by atoms with Crippen molar-refractivity contribution in [3.8, 4) is 0 Å². The molecule has 0 amide bonds. The predicted molar refractivity (Wildman–Crippen MR) is 82.0 cm³/mol. The van der Waals surface area contributed by atoms with Crippen LogP contribution in [0, 0.1) is 29.5 Å². The van der Waals surface area contributed by atoms with Crippen molar-refractivity contribution in [1.29, 1.82) is 0 Å². The second kappa shape index (κ2) is 8.54. The molecule has 4 heteroatoms. The fourth-order valence-electron chi connectivity index (χ4n) is 3.51. The first kappa shape index (κ1) is 17.3. The molecule has 0 saturated heterocycles. The summed E-state index contributed by atoms with van der Waals surface area (Å²) in [4.78, 5) is 2.98. The van der Waals surface area contributed by atoms with Crippen molar-refractivity contribution in [2.45, 2.75) is 71.1 Å². The van der Waals surface area contributed by atoms with Crippen molar-refractivity contribution in [2.75, 3.05) is 0 Å². The average molecular weight is 313 g/mol. The van der Waals surface area contributed by atoms with Gasteiger partial charge in [0.1, 0.15) is 0 Å². The van der Waals surface area contributed by atoms with Crippen LogP contribution in [0.25, 0.3) is 0 Å². The van der Waals surface area contributed by atoms with Gasteiger partial charge in [-0.1, -0.05) is 58.3 Å². The molecule has 2 rings (SSSR count). The van der Waals surface area contributed by atoms with Crippen molar-refractivity contribution in [3.05, 3.63) is 29.3 Å². The van der Waals surface area contributed by atoms with Crippen molar-refractivity contribution in [3.63, 3.8) is 0 Å². The lowest BCUT2D eigenvalue weighted by molar-refractivity contribution is 0.248. The molecule has 1 fully saturated rings. The molecular formula is C18H26F3N. The molecule has 0 unspecified atom stereocenters. The third kappa shape index (κ3) is 4.99. The van der Waals surface area contributed by atoms with Crippen molar-refractivity contribution < 1.29 is 13.2 Å². The summed E-state index contributed by atoms with van der Waals surface area (Å²) in [5, 5.41) is 0. The smallest absolute Gasteiger partial charge is 0.202 e. The fraction of sp³-hybridized carbons (Fsp3) is 0.722. The SMILES string of the molecule is CCCCC[C@H]1CC[C@H](CCc2cc(F)c(F)nc2F)CC1. The average Bonchev–Trinajstić information content (AvgIpc) is 2.51. The van der Waals surface area contributed by atoms with E-state index in [1.165, 1.54) is 51.4 Å². The van der Waals surface area contributed by atoms with Crippen LogP contribution in [-0.2, 0) is 6.42 Å². The highest BCUT2D eigenvalue weighted by Crippen LogP contribution is 2.34. The van der Waals surface area contributed by atoms with E-state index >= 15 is 0 Å². The first-order chi connectivity index (χ1) is 10.6. The van der Waals surface area contributed by atoms with Gasteiger partial charge in [0, 0.05) is 5.56 Å². The van der Waals surface area contributed by atoms with E-state index in [1.54, 1.807) is 0 Å². The zero-order chi connectivity index (χ0) is 15.9. The summed E-state index contributed by atoms with van der Waals surface area (Å²) < 4.78 is 39.4. The Kier molecular flexibility index (Phi) is 6.71. The molecule has 1 saturated carbocycles. The molecule has 124 valence electrons. The Morgan fingerprint density at radius 2 is 1.59 bits per heavy atom. The van der Waals surface area contributed by atoms with Crippen LogP contribution in [0.4, 0.5) is 13.2 Å². The molecule has 0 aromatic carbocycles. The van der Waals surface area contributed by atoms with Crippen LogP contribution in [0.15, 0.2) is 6.07 Å². The number of hydrogen-bond acceptors (Lipinski definition) is 1. The van der Waals surface area contributed by atoms with Gasteiger partial charge in [-0.2, -0.15) is 13.8 Å². The molecule has 1 aliphatic carbocycles. The Morgan fingerprint density at radius 3 is 2.23 bits per heavy atom. The zero-order valence-corrected chi connectivity index (χ0v) is 13.4. The van der Waals surface area contributed by atoms with Gasteiger partial charge in [0.05, 0.1) is 0 Å². The van der Waals surface area contributed by atoms with Gasteiger partial charge in [0.25, 0.3) is 5.95 Å². The zero-order valence-electron chi connectivity index (χ0n) is 13.4. The minimum Gasteiger partial charge on any atom is -0.202 e. The lowest BCUT2D eigenvalue weighted by Crippen LogP contribution is -2.15. The van der Waals surface area contributed by atoms with E-state index in [9.17, 15) is 13.2 Å². The van der Waals surface area contributed by atoms with Crippen LogP contribution in [-0.4, -0.2) is 4.98 Å². The molecule has 0 radical (unpaired) electrons. The van der Waals surface area contributed by atoms with Crippen LogP contribution in [0.1, 0.15) is 70.3 Å². The van der Waals surface area contributed by atoms with E-state index in [1.807, 2.05) is 0 Å². The quantitative estimate of drug-likeness (QED) is 0.456. The number of aromatic nitrogens is 1. The summed E-state index contributed by atoms with van der Waals surface area (Å²) in [6.45, 7) is 2.23. The summed E-state index contributed by atoms with van der Waals surface area (Å²) in [6.07, 6.45) is 11.4. The summed E-state index contributed by atoms with van der Waals surface area (Å²) >= 11 is 0. The molecule has 22 heavy (non-hydrogen) atoms. The van der Waals surface area contributed by atoms with Crippen LogP contribution >= 0.6 is 0 Å². The molecule has 0 bridgehead atoms. The molecule has 1 heterocycles. The summed E-state index contributed by atoms with van der Waals surface area (Å²) in [7, 11) is 0. The highest BCUT2D eigenvalue weighted by atomic mass is 19.2. The highest BCUT2D eigenvalue weighted by Gasteiger charge is 2.21. The monoisotopic (exact) mass is 313 g/mol. The van der Waals surface area contributed by atoms with Crippen LogP contribution in [0.3, 0.4) is 0 Å². The van der Waals surface area contributed by atoms with E-state index in [0.29, 0.717) is 12.3 Å². The van der Waals surface area contributed by atoms with Gasteiger partial charge in [-0.05, 0) is 30.7 Å². The third-order valence-electron chi connectivity index (χ3n) is 4.96. The number of unbranched alkanes of at least 4 members (excludes halogenated alkanes) is 2. The Labute approximate surface area is 131 Å². The maximum absolute atomic E-state index is 13.5. The number of rotatable bonds is 7. The Bertz CT molecular complexity index is 468. The standard InChI is InChI=1S/C18H26F3N/c1-2-3-4-5-13-6-8-14(9-7-13)10-11-15-12-16(19)18(21)22-17(15)20/h12-14H,2-11H2,1H3/t13-,14-. The van der Waals surface area contributed by atoms with Gasteiger partial charge in [0.2, 0.25) is 5.95 Å². The highest BCUT2D eigenvalue weighted by molar-refractivity contribution is 5.13. The maximum atomic E-state index is 13.5. The Morgan fingerprint density at radius 1 is 0.955 bits per heavy atom. The molecule has 1 aliphatic rings. The molecule has 1 aromatic rings. The number of nitrogens with zero attached hydrogens (tertiary/aromatic N) is 1. The van der Waals surface area contributed by atoms with Gasteiger partial charge in [-0.15, -0.1) is 0 Å². The van der Waals surface area contributed by atoms with E-state index in [0.717, 1.165) is 18.4 Å². The Balaban J connectivity index is 1.74. The topological polar surface area (TPSA) is 12.9 Å². The van der Waals surface area contributed by atoms with E-state index < -0.39 is 17.7 Å². The molecule has 1 aromatic heterocycles. The Hall–Kier alpha value is -1.06. The van der Waals surface area contributed by atoms with Gasteiger partial charge >= 0.3 is 0 Å². The van der Waals surface area contributed by atoms with Crippen LogP contribution in [0.5, 0.6) is 0 Å². The molecular weight excluding hydrogens is 287 g/mol. The number of aryl methyl sites for hydroxylation is 1. The number of hydrogen-bond donors (Lipinski definition) is 0. The first-order valence-electron chi connectivity index (χ1n) is 8.60. The number of pyridine rings is 1. The summed E-state index contributed by atoms with van der Waals surface area (Å²) in [5.74, 6) is -1.85. The summed E-state index contributed by atoms with van der Waals surface area (Å²) in [6, 6.07) is 0.952. The van der Waals surface area contributed by atoms with Gasteiger partial charge < -0.3 is 0 Å². The number of halogens is 3. The van der Waals surface area contributed by atoms with Gasteiger partial charge in [0.15, 0.2) is 5.82 Å². The lowest BCUT2D eigenvalue weighted by atomic mass is 9.78. The normalized spacial score (nSPS) is 22.0. The molecule has 1 nitrogen and oxygen atoms in total. The largest absolute Gasteiger partial charge is 0.251 e. The first-order valence-corrected chi connectivity index (χ1v) is 8.60. The molecule has 0 aliphatic heterocycles. The second-order valence-electron chi connectivity index (χ2n) is 6.63. The lowest BCUT2D eigenvalue weighted by Gasteiger charge is -2.28. The minimum atomic E-state index is -1.35. The van der Waals surface area contributed by atoms with Crippen molar-refractivity contribution >= 4 is 0 Å². The second-order valence-corrected chi connectivity index (χ2v) is 6.63. The summed E-state index contributed by atoms with van der Waals surface area (Å²) in [5.41, 5.74) is 0.198. The van der Waals surface area contributed by atoms with Crippen molar-refractivity contribution in [1.82, 2.24) is 4.98 Å².